The first-order valence-corrected chi connectivity index (χ1v) is 8.26. The summed E-state index contributed by atoms with van der Waals surface area (Å²) >= 11 is 0. The molecule has 2 heterocycles. The van der Waals surface area contributed by atoms with E-state index in [1.54, 1.807) is 21.0 Å². The van der Waals surface area contributed by atoms with Crippen LogP contribution in [0.1, 0.15) is 33.6 Å². The van der Waals surface area contributed by atoms with Gasteiger partial charge in [-0.2, -0.15) is 0 Å². The van der Waals surface area contributed by atoms with Gasteiger partial charge in [-0.05, 0) is 50.5 Å². The van der Waals surface area contributed by atoms with Crippen LogP contribution in [0.25, 0.3) is 0 Å². The average molecular weight is 332 g/mol. The van der Waals surface area contributed by atoms with Crippen LogP contribution in [-0.4, -0.2) is 46.8 Å². The SMILES string of the molecule is CC[C@]1(C)OC(=O)N(CCC2=CN=C3C=CC(OC)=C[C@H]23)[C@@]1(C)O. The Morgan fingerprint density at radius 2 is 2.17 bits per heavy atom. The monoisotopic (exact) mass is 332 g/mol. The number of fused-ring (bicyclic) bond motifs is 1. The number of carbonyl (C=O) groups excluding carboxylic acids is 1. The molecule has 130 valence electrons. The fourth-order valence-electron chi connectivity index (χ4n) is 3.36. The van der Waals surface area contributed by atoms with Gasteiger partial charge in [-0.25, -0.2) is 4.79 Å². The van der Waals surface area contributed by atoms with Gasteiger partial charge in [-0.1, -0.05) is 6.92 Å². The van der Waals surface area contributed by atoms with Crippen LogP contribution in [0.3, 0.4) is 0 Å². The normalized spacial score (nSPS) is 34.5. The zero-order valence-electron chi connectivity index (χ0n) is 14.6. The molecule has 3 atom stereocenters. The molecule has 2 aliphatic heterocycles. The quantitative estimate of drug-likeness (QED) is 0.840. The zero-order chi connectivity index (χ0) is 17.5. The minimum absolute atomic E-state index is 0.0751. The molecule has 0 bridgehead atoms. The summed E-state index contributed by atoms with van der Waals surface area (Å²) in [4.78, 5) is 18.0. The smallest absolute Gasteiger partial charge is 0.412 e. The summed E-state index contributed by atoms with van der Waals surface area (Å²) in [5.41, 5.74) is -0.161. The van der Waals surface area contributed by atoms with Gasteiger partial charge in [0.05, 0.1) is 12.8 Å². The van der Waals surface area contributed by atoms with E-state index < -0.39 is 17.4 Å². The number of hydrogen-bond acceptors (Lipinski definition) is 5. The maximum atomic E-state index is 12.2. The molecule has 0 aromatic heterocycles. The standard InChI is InChI=1S/C18H24N2O4/c1-5-17(2)18(3,22)20(16(21)24-17)9-8-12-11-19-15-7-6-13(23-4)10-14(12)15/h6-7,10-11,14,22H,5,8-9H2,1-4H3/t14-,17+,18+/m1/s1. The van der Waals surface area contributed by atoms with Gasteiger partial charge in [0, 0.05) is 18.7 Å². The number of hydrogen-bond donors (Lipinski definition) is 1. The molecular weight excluding hydrogens is 308 g/mol. The highest BCUT2D eigenvalue weighted by Crippen LogP contribution is 2.40. The third-order valence-corrected chi connectivity index (χ3v) is 5.44. The molecule has 1 aliphatic carbocycles. The van der Waals surface area contributed by atoms with E-state index in [0.29, 0.717) is 19.4 Å². The minimum Gasteiger partial charge on any atom is -0.497 e. The number of ether oxygens (including phenoxy) is 2. The van der Waals surface area contributed by atoms with Crippen molar-refractivity contribution in [2.24, 2.45) is 10.9 Å². The van der Waals surface area contributed by atoms with E-state index in [1.807, 2.05) is 31.4 Å². The van der Waals surface area contributed by atoms with E-state index in [-0.39, 0.29) is 5.92 Å². The molecule has 24 heavy (non-hydrogen) atoms. The summed E-state index contributed by atoms with van der Waals surface area (Å²) in [6, 6.07) is 0. The second kappa shape index (κ2) is 5.77. The fourth-order valence-corrected chi connectivity index (χ4v) is 3.36. The van der Waals surface area contributed by atoms with Gasteiger partial charge in [0.15, 0.2) is 11.3 Å². The van der Waals surface area contributed by atoms with Crippen LogP contribution in [0.5, 0.6) is 0 Å². The van der Waals surface area contributed by atoms with E-state index in [0.717, 1.165) is 17.0 Å². The molecule has 1 fully saturated rings. The lowest BCUT2D eigenvalue weighted by Crippen LogP contribution is -2.55. The molecule has 3 aliphatic rings. The molecule has 0 spiro atoms. The second-order valence-corrected chi connectivity index (χ2v) is 6.72. The molecular formula is C18H24N2O4. The molecule has 3 rings (SSSR count). The van der Waals surface area contributed by atoms with Gasteiger partial charge in [-0.3, -0.25) is 9.89 Å². The van der Waals surface area contributed by atoms with E-state index >= 15 is 0 Å². The third kappa shape index (κ3) is 2.45. The molecule has 6 heteroatoms. The number of nitrogens with zero attached hydrogens (tertiary/aromatic N) is 2. The van der Waals surface area contributed by atoms with Crippen LogP contribution in [0.15, 0.2) is 40.8 Å². The minimum atomic E-state index is -1.33. The molecule has 0 radical (unpaired) electrons. The Morgan fingerprint density at radius 1 is 1.42 bits per heavy atom. The highest BCUT2D eigenvalue weighted by Gasteiger charge is 2.58. The Balaban J connectivity index is 1.70. The average Bonchev–Trinajstić information content (AvgIpc) is 3.03. The van der Waals surface area contributed by atoms with Gasteiger partial charge in [0.2, 0.25) is 0 Å². The lowest BCUT2D eigenvalue weighted by molar-refractivity contribution is -0.137. The van der Waals surface area contributed by atoms with Crippen molar-refractivity contribution < 1.29 is 19.4 Å². The first kappa shape index (κ1) is 16.8. The number of aliphatic hydroxyl groups is 1. The Morgan fingerprint density at radius 3 is 2.79 bits per heavy atom. The van der Waals surface area contributed by atoms with E-state index in [2.05, 4.69) is 4.99 Å². The Hall–Kier alpha value is -2.08. The number of carbonyl (C=O) groups is 1. The van der Waals surface area contributed by atoms with Crippen molar-refractivity contribution in [2.75, 3.05) is 13.7 Å². The predicted molar refractivity (Wildman–Crippen MR) is 90.4 cm³/mol. The van der Waals surface area contributed by atoms with Gasteiger partial charge < -0.3 is 14.6 Å². The largest absolute Gasteiger partial charge is 0.497 e. The summed E-state index contributed by atoms with van der Waals surface area (Å²) in [6.45, 7) is 5.68. The second-order valence-electron chi connectivity index (χ2n) is 6.72. The van der Waals surface area contributed by atoms with Gasteiger partial charge in [0.1, 0.15) is 5.76 Å². The number of rotatable bonds is 5. The molecule has 0 aromatic carbocycles. The highest BCUT2D eigenvalue weighted by molar-refractivity contribution is 6.03. The van der Waals surface area contributed by atoms with Gasteiger partial charge in [-0.15, -0.1) is 0 Å². The molecule has 1 N–H and O–H groups in total. The lowest BCUT2D eigenvalue weighted by atomic mass is 9.88. The third-order valence-electron chi connectivity index (χ3n) is 5.44. The molecule has 0 saturated carbocycles. The van der Waals surface area contributed by atoms with Crippen LogP contribution in [0.2, 0.25) is 0 Å². The maximum Gasteiger partial charge on any atom is 0.412 e. The number of aliphatic imine (C=N–C) groups is 1. The number of methoxy groups -OCH3 is 1. The van der Waals surface area contributed by atoms with E-state index in [1.165, 1.54) is 4.90 Å². The van der Waals surface area contributed by atoms with Gasteiger partial charge in [0.25, 0.3) is 0 Å². The molecule has 6 nitrogen and oxygen atoms in total. The number of cyclic esters (lactones) is 1. The highest BCUT2D eigenvalue weighted by atomic mass is 16.6. The zero-order valence-corrected chi connectivity index (χ0v) is 14.6. The summed E-state index contributed by atoms with van der Waals surface area (Å²) in [6.07, 6.45) is 8.39. The van der Waals surface area contributed by atoms with Crippen molar-refractivity contribution in [2.45, 2.75) is 44.9 Å². The number of allylic oxidation sites excluding steroid dienone is 3. The summed E-state index contributed by atoms with van der Waals surface area (Å²) in [5.74, 6) is 0.879. The Labute approximate surface area is 142 Å². The Kier molecular flexibility index (Phi) is 4.03. The molecule has 0 aromatic rings. The lowest BCUT2D eigenvalue weighted by Gasteiger charge is -2.37. The van der Waals surface area contributed by atoms with Crippen LogP contribution in [-0.2, 0) is 9.47 Å². The van der Waals surface area contributed by atoms with Gasteiger partial charge >= 0.3 is 6.09 Å². The van der Waals surface area contributed by atoms with Crippen molar-refractivity contribution in [3.8, 4) is 0 Å². The first-order chi connectivity index (χ1) is 11.3. The maximum absolute atomic E-state index is 12.2. The first-order valence-electron chi connectivity index (χ1n) is 8.26. The van der Waals surface area contributed by atoms with Crippen LogP contribution >= 0.6 is 0 Å². The fraction of sp³-hybridized carbons (Fsp3) is 0.556. The van der Waals surface area contributed by atoms with E-state index in [4.69, 9.17) is 9.47 Å². The van der Waals surface area contributed by atoms with Crippen LogP contribution < -0.4 is 0 Å². The topological polar surface area (TPSA) is 71.4 Å². The summed E-state index contributed by atoms with van der Waals surface area (Å²) in [7, 11) is 1.64. The molecule has 0 unspecified atom stereocenters. The predicted octanol–water partition coefficient (Wildman–Crippen LogP) is 2.76. The summed E-state index contributed by atoms with van der Waals surface area (Å²) < 4.78 is 10.7. The van der Waals surface area contributed by atoms with Crippen LogP contribution in [0, 0.1) is 5.92 Å². The van der Waals surface area contributed by atoms with E-state index in [9.17, 15) is 9.90 Å². The molecule has 1 saturated heterocycles. The van der Waals surface area contributed by atoms with Crippen LogP contribution in [0.4, 0.5) is 4.79 Å². The van der Waals surface area contributed by atoms with Crippen molar-refractivity contribution in [1.82, 2.24) is 4.90 Å². The Bertz CT molecular complexity index is 675. The van der Waals surface area contributed by atoms with Crippen molar-refractivity contribution in [1.29, 1.82) is 0 Å². The van der Waals surface area contributed by atoms with Crippen molar-refractivity contribution in [3.05, 3.63) is 35.8 Å². The van der Waals surface area contributed by atoms with Crippen molar-refractivity contribution >= 4 is 11.8 Å². The molecule has 1 amide bonds. The number of amides is 1. The van der Waals surface area contributed by atoms with Crippen molar-refractivity contribution in [3.63, 3.8) is 0 Å². The summed E-state index contributed by atoms with van der Waals surface area (Å²) in [5, 5.41) is 10.8.